The van der Waals surface area contributed by atoms with Crippen LogP contribution in [0.1, 0.15) is 82.2 Å². The molecule has 1 aliphatic carbocycles. The Balaban J connectivity index is 0.764. The van der Waals surface area contributed by atoms with Gasteiger partial charge in [-0.25, -0.2) is 0 Å². The van der Waals surface area contributed by atoms with Gasteiger partial charge >= 0.3 is 0 Å². The molecule has 25 nitrogen and oxygen atoms in total. The Morgan fingerprint density at radius 2 is 0.545 bits per heavy atom. The summed E-state index contributed by atoms with van der Waals surface area (Å²) in [5, 5.41) is 49.1. The molecule has 0 N–H and O–H groups in total. The first kappa shape index (κ1) is 95.4. The van der Waals surface area contributed by atoms with Crippen molar-refractivity contribution < 1.29 is 99.5 Å². The third kappa shape index (κ3) is 22.0. The summed E-state index contributed by atoms with van der Waals surface area (Å²) in [4.78, 5) is 0. The van der Waals surface area contributed by atoms with Crippen LogP contribution in [0.5, 0.6) is 0 Å². The molecule has 1 saturated carbocycles. The summed E-state index contributed by atoms with van der Waals surface area (Å²) in [5.41, 5.74) is 7.11. The van der Waals surface area contributed by atoms with Crippen LogP contribution in [0.4, 0.5) is 0 Å². The monoisotopic (exact) mass is 2260 g/mol. The first-order valence-electron chi connectivity index (χ1n) is 45.4. The average Bonchev–Trinajstić information content (AvgIpc) is 0.728. The Bertz CT molecular complexity index is 5810. The van der Waals surface area contributed by atoms with E-state index < -0.39 is 146 Å². The van der Waals surface area contributed by atoms with Crippen molar-refractivity contribution in [3.8, 4) is 24.3 Å². The van der Waals surface area contributed by atoms with Crippen molar-refractivity contribution in [2.75, 3.05) is 26.4 Å². The van der Waals surface area contributed by atoms with Crippen molar-refractivity contribution in [3.63, 3.8) is 0 Å². The minimum Gasteiger partial charge on any atom is -0.368 e. The summed E-state index contributed by atoms with van der Waals surface area (Å²) in [6.45, 7) is -1.00. The summed E-state index contributed by atoms with van der Waals surface area (Å²) < 4.78 is 158. The Morgan fingerprint density at radius 1 is 0.276 bits per heavy atom. The number of rotatable bonds is 31. The number of hydrogen-bond donors (Lipinski definition) is 0. The molecule has 0 aromatic heterocycles. The number of fused-ring (bicyclic) bond motifs is 5. The van der Waals surface area contributed by atoms with Gasteiger partial charge in [0.1, 0.15) is 122 Å². The van der Waals surface area contributed by atoms with E-state index >= 15 is 0 Å². The number of ether oxygens (including phenoxy) is 21. The molecule has 9 fully saturated rings. The Morgan fingerprint density at radius 3 is 0.866 bits per heavy atom. The van der Waals surface area contributed by atoms with Crippen LogP contribution in [-0.2, 0) is 158 Å². The predicted octanol–water partition coefficient (Wildman–Crippen LogP) is 17.4. The summed E-state index contributed by atoms with van der Waals surface area (Å²) in [7, 11) is 0. The van der Waals surface area contributed by atoms with Gasteiger partial charge in [-0.2, -0.15) is 21.0 Å². The van der Waals surface area contributed by atoms with E-state index in [1.165, 1.54) is 0 Å². The number of hydrogen-bond acceptors (Lipinski definition) is 25. The molecule has 10 aromatic rings. The fraction of sp³-hybridized carbons (Fsp3) is 0.410. The topological polar surface area (TPSA) is 289 Å². The van der Waals surface area contributed by atoms with Crippen LogP contribution in [-0.4, -0.2) is 179 Å². The van der Waals surface area contributed by atoms with Crippen molar-refractivity contribution in [1.82, 2.24) is 0 Å². The second-order valence-corrected chi connectivity index (χ2v) is 39.6. The highest BCUT2D eigenvalue weighted by atomic mass is 127. The normalized spacial score (nSPS) is 32.4. The maximum absolute atomic E-state index is 11.9. The third-order valence-corrected chi connectivity index (χ3v) is 30.2. The minimum atomic E-state index is -2.01. The van der Waals surface area contributed by atoms with Gasteiger partial charge in [-0.3, -0.25) is 0 Å². The number of nitriles is 4. The van der Waals surface area contributed by atoms with Crippen molar-refractivity contribution in [2.24, 2.45) is 0 Å². The molecule has 8 aliphatic heterocycles. The molecule has 19 rings (SSSR count). The molecular formula is C105H100I4N4O21. The summed E-state index contributed by atoms with van der Waals surface area (Å²) in [6.07, 6.45) is -21.4. The fourth-order valence-electron chi connectivity index (χ4n) is 19.1. The van der Waals surface area contributed by atoms with Crippen LogP contribution in [0.2, 0.25) is 0 Å². The number of nitrogens with zero attached hydrogens (tertiary/aromatic N) is 4. The highest BCUT2D eigenvalue weighted by molar-refractivity contribution is 14.1. The van der Waals surface area contributed by atoms with Gasteiger partial charge in [-0.1, -0.05) is 250 Å². The summed E-state index contributed by atoms with van der Waals surface area (Å²) in [5.74, 6) is -7.78. The predicted molar refractivity (Wildman–Crippen MR) is 518 cm³/mol. The van der Waals surface area contributed by atoms with Crippen molar-refractivity contribution >= 4 is 101 Å². The van der Waals surface area contributed by atoms with Crippen LogP contribution >= 0.6 is 90.4 Å². The molecule has 9 aliphatic rings. The standard InChI is InChI=1S/C105H100I4N4O21/c106-78-42-22-18-36-73(78)49-102(62-110)119-58-82-86(131-102)90(114-57-70-46-47-71-34-16-17-35-72(71)48-70)94(115-53-66-26-6-1-7-27-66)99(125-82)128-92-88-84(60-121-104(64-112,133-88)51-75-38-20-24-44-80(75)108)127-101(96(92)117-55-68-30-10-3-11-31-68)130-93-89-85(61-122-105(65-113,134-89)52-76-39-21-25-45-81(76)109)126-100(97(93)118-56-69-32-12-4-13-33-69)129-91-87-83(59-120-103(63-111,132-87)50-74-37-19-23-43-79(74)107)124-98(123-77-40-14-5-15-41-77)95(91)116-54-67-28-8-2-9-29-67/h1-4,6-13,16-39,42-48,77,82-101H,5,14-15,40-41,49-61H2/t82-,83-,84-,85-,86-,87-,88-,89-,90+,91+,92+,93+,94+,95+,96+,97+,98-,99+,100+,101+,102+,103+,104+,105+/m1/s1. The van der Waals surface area contributed by atoms with Gasteiger partial charge < -0.3 is 99.5 Å². The van der Waals surface area contributed by atoms with Crippen LogP contribution in [0, 0.1) is 59.6 Å². The van der Waals surface area contributed by atoms with Crippen LogP contribution in [0.15, 0.2) is 261 Å². The SMILES string of the molecule is N#C[C@@]1(Cc2ccccc2I)OC[C@H]2O[C@@H](O[C@@H]3[C@H](OCc4ccccc4)[C@H](O[C@@H]4[C@H](OCc5ccccc5)[C@H](O[C@@H]5[C@H](OCc6ccccc6)[C@H](OC6CCCCC6)O[C@@H]6CO[C@@](C#N)(Cc7ccccc7I)O[C@@H]56)O[C@@H]5CO[C@@](C#N)(Cc6ccccc6I)O[C@@H]45)O[C@@H]4CO[C@@](C#N)(Cc5ccccc5I)O[C@@H]34)[C@@H](OCc3ccccc3)[C@@H](OCc3ccc4ccccc4c3)[C@@H]2O1. The molecular weight excluding hydrogens is 2160 g/mol. The van der Waals surface area contributed by atoms with E-state index in [-0.39, 0.29) is 91.2 Å². The van der Waals surface area contributed by atoms with Gasteiger partial charge in [0.2, 0.25) is 0 Å². The van der Waals surface area contributed by atoms with Crippen molar-refractivity contribution in [2.45, 2.75) is 243 Å². The maximum atomic E-state index is 11.9. The van der Waals surface area contributed by atoms with Gasteiger partial charge in [0, 0.05) is 40.0 Å². The van der Waals surface area contributed by atoms with Gasteiger partial charge in [0.25, 0.3) is 23.1 Å². The van der Waals surface area contributed by atoms with E-state index in [0.29, 0.717) is 0 Å². The Labute approximate surface area is 833 Å². The summed E-state index contributed by atoms with van der Waals surface area (Å²) >= 11 is 9.03. The first-order chi connectivity index (χ1) is 65.6. The van der Waals surface area contributed by atoms with E-state index in [9.17, 15) is 21.0 Å². The van der Waals surface area contributed by atoms with Gasteiger partial charge in [-0.05, 0) is 194 Å². The van der Waals surface area contributed by atoms with E-state index in [2.05, 4.69) is 133 Å². The lowest BCUT2D eigenvalue weighted by atomic mass is 9.92. The van der Waals surface area contributed by atoms with E-state index in [0.717, 1.165) is 107 Å². The largest absolute Gasteiger partial charge is 0.368 e. The van der Waals surface area contributed by atoms with E-state index in [1.807, 2.05) is 243 Å². The van der Waals surface area contributed by atoms with Crippen molar-refractivity contribution in [3.05, 3.63) is 325 Å². The number of benzene rings is 10. The van der Waals surface area contributed by atoms with E-state index in [1.54, 1.807) is 0 Å². The molecule has 8 heterocycles. The van der Waals surface area contributed by atoms with Gasteiger partial charge in [-0.15, -0.1) is 0 Å². The minimum absolute atomic E-state index is 0.00597. The Hall–Kier alpha value is -7.50. The molecule has 0 unspecified atom stereocenters. The molecule has 10 aromatic carbocycles. The zero-order valence-electron chi connectivity index (χ0n) is 73.1. The van der Waals surface area contributed by atoms with Gasteiger partial charge in [0.05, 0.1) is 65.6 Å². The zero-order chi connectivity index (χ0) is 91.6. The lowest BCUT2D eigenvalue weighted by Crippen LogP contribution is -2.72. The lowest BCUT2D eigenvalue weighted by molar-refractivity contribution is -0.443. The quantitative estimate of drug-likeness (QED) is 0.0365. The first-order valence-corrected chi connectivity index (χ1v) is 49.7. The molecule has 24 atom stereocenters. The van der Waals surface area contributed by atoms with E-state index in [4.69, 9.17) is 99.5 Å². The second-order valence-electron chi connectivity index (χ2n) is 35.0. The van der Waals surface area contributed by atoms with Crippen LogP contribution < -0.4 is 0 Å². The molecule has 8 saturated heterocycles. The molecule has 0 bridgehead atoms. The number of halogens is 4. The highest BCUT2D eigenvalue weighted by Crippen LogP contribution is 2.48. The third-order valence-electron chi connectivity index (χ3n) is 25.9. The summed E-state index contributed by atoms with van der Waals surface area (Å²) in [6, 6.07) is 93.6. The smallest absolute Gasteiger partial charge is 0.264 e. The maximum Gasteiger partial charge on any atom is 0.264 e. The molecule has 29 heteroatoms. The molecule has 134 heavy (non-hydrogen) atoms. The molecule has 694 valence electrons. The molecule has 0 radical (unpaired) electrons. The van der Waals surface area contributed by atoms with Gasteiger partial charge in [0.15, 0.2) is 25.2 Å². The van der Waals surface area contributed by atoms with Crippen LogP contribution in [0.25, 0.3) is 10.8 Å². The fourth-order valence-corrected chi connectivity index (χ4v) is 21.4. The zero-order valence-corrected chi connectivity index (χ0v) is 81.7. The second kappa shape index (κ2) is 43.9. The van der Waals surface area contributed by atoms with Crippen LogP contribution in [0.3, 0.4) is 0 Å². The van der Waals surface area contributed by atoms with Crippen molar-refractivity contribution in [1.29, 1.82) is 21.0 Å². The Kier molecular flexibility index (Phi) is 31.3. The lowest BCUT2D eigenvalue weighted by Gasteiger charge is -2.56. The highest BCUT2D eigenvalue weighted by Gasteiger charge is 2.65. The molecule has 0 spiro atoms. The average molecular weight is 2260 g/mol. The molecule has 0 amide bonds.